The van der Waals surface area contributed by atoms with Gasteiger partial charge in [0.2, 0.25) is 0 Å². The van der Waals surface area contributed by atoms with Crippen LogP contribution in [0.25, 0.3) is 10.6 Å². The molecule has 0 bridgehead atoms. The fourth-order valence-electron chi connectivity index (χ4n) is 1.31. The summed E-state index contributed by atoms with van der Waals surface area (Å²) in [5.41, 5.74) is 0. The Hall–Kier alpha value is -0.770. The van der Waals surface area contributed by atoms with E-state index < -0.39 is 0 Å². The normalized spacial score (nSPS) is 10.8. The average molecular weight is 242 g/mol. The Bertz CT molecular complexity index is 435. The first kappa shape index (κ1) is 10.7. The molecule has 0 aliphatic rings. The van der Waals surface area contributed by atoms with Crippen LogP contribution < -0.4 is 5.32 Å². The fraction of sp³-hybridized carbons (Fsp3) is 0.273. The van der Waals surface area contributed by atoms with Crippen molar-refractivity contribution in [3.05, 3.63) is 34.4 Å². The van der Waals surface area contributed by atoms with Crippen molar-refractivity contribution >= 4 is 22.9 Å². The summed E-state index contributed by atoms with van der Waals surface area (Å²) < 4.78 is 5.67. The second-order valence-electron chi connectivity index (χ2n) is 3.14. The van der Waals surface area contributed by atoms with Crippen LogP contribution >= 0.6 is 22.9 Å². The summed E-state index contributed by atoms with van der Waals surface area (Å²) in [6.07, 6.45) is 0. The third-order valence-electron chi connectivity index (χ3n) is 2.05. The first-order valence-electron chi connectivity index (χ1n) is 4.84. The lowest BCUT2D eigenvalue weighted by atomic mass is 10.3. The molecular weight excluding hydrogens is 230 g/mol. The molecule has 2 aromatic heterocycles. The third kappa shape index (κ3) is 2.43. The molecule has 0 aliphatic heterocycles. The fourth-order valence-corrected chi connectivity index (χ4v) is 2.42. The summed E-state index contributed by atoms with van der Waals surface area (Å²) in [7, 11) is 0. The maximum Gasteiger partial charge on any atom is 0.145 e. The van der Waals surface area contributed by atoms with Gasteiger partial charge in [0, 0.05) is 0 Å². The van der Waals surface area contributed by atoms with Gasteiger partial charge in [-0.15, -0.1) is 11.3 Å². The second-order valence-corrected chi connectivity index (χ2v) is 4.47. The standard InChI is InChI=1S/C11H12ClNOS/c1-2-13-7-8-3-4-10(14-8)11-9(12)5-6-15-11/h3-6,13H,2,7H2,1H3. The quantitative estimate of drug-likeness (QED) is 0.882. The highest BCUT2D eigenvalue weighted by Crippen LogP contribution is 2.34. The van der Waals surface area contributed by atoms with Crippen LogP contribution in [0.3, 0.4) is 0 Å². The van der Waals surface area contributed by atoms with Gasteiger partial charge < -0.3 is 9.73 Å². The monoisotopic (exact) mass is 241 g/mol. The number of halogens is 1. The molecule has 0 aromatic carbocycles. The number of hydrogen-bond donors (Lipinski definition) is 1. The van der Waals surface area contributed by atoms with Crippen molar-refractivity contribution in [3.8, 4) is 10.6 Å². The SMILES string of the molecule is CCNCc1ccc(-c2sccc2Cl)o1. The second kappa shape index (κ2) is 4.84. The molecule has 0 radical (unpaired) electrons. The van der Waals surface area contributed by atoms with E-state index in [-0.39, 0.29) is 0 Å². The molecule has 1 N–H and O–H groups in total. The Morgan fingerprint density at radius 1 is 1.40 bits per heavy atom. The Morgan fingerprint density at radius 2 is 2.27 bits per heavy atom. The maximum absolute atomic E-state index is 6.02. The highest BCUT2D eigenvalue weighted by Gasteiger charge is 2.09. The predicted octanol–water partition coefficient (Wildman–Crippen LogP) is 3.77. The summed E-state index contributed by atoms with van der Waals surface area (Å²) in [6, 6.07) is 5.83. The van der Waals surface area contributed by atoms with Crippen LogP contribution in [-0.4, -0.2) is 6.54 Å². The Labute approximate surface area is 97.9 Å². The maximum atomic E-state index is 6.02. The van der Waals surface area contributed by atoms with E-state index in [4.69, 9.17) is 16.0 Å². The summed E-state index contributed by atoms with van der Waals surface area (Å²) in [5, 5.41) is 5.93. The Balaban J connectivity index is 2.17. The van der Waals surface area contributed by atoms with Crippen LogP contribution in [0.2, 0.25) is 5.02 Å². The lowest BCUT2D eigenvalue weighted by molar-refractivity contribution is 0.499. The van der Waals surface area contributed by atoms with Crippen molar-refractivity contribution in [2.75, 3.05) is 6.54 Å². The van der Waals surface area contributed by atoms with Crippen molar-refractivity contribution in [1.29, 1.82) is 0 Å². The van der Waals surface area contributed by atoms with Gasteiger partial charge in [-0.2, -0.15) is 0 Å². The summed E-state index contributed by atoms with van der Waals surface area (Å²) in [5.74, 6) is 1.79. The lowest BCUT2D eigenvalue weighted by Gasteiger charge is -1.97. The highest BCUT2D eigenvalue weighted by atomic mass is 35.5. The zero-order valence-corrected chi connectivity index (χ0v) is 9.99. The van der Waals surface area contributed by atoms with E-state index in [2.05, 4.69) is 12.2 Å². The summed E-state index contributed by atoms with van der Waals surface area (Å²) >= 11 is 7.62. The smallest absolute Gasteiger partial charge is 0.145 e. The number of hydrogen-bond acceptors (Lipinski definition) is 3. The van der Waals surface area contributed by atoms with Gasteiger partial charge in [-0.1, -0.05) is 18.5 Å². The van der Waals surface area contributed by atoms with E-state index in [1.54, 1.807) is 11.3 Å². The van der Waals surface area contributed by atoms with Crippen molar-refractivity contribution in [2.45, 2.75) is 13.5 Å². The molecule has 0 spiro atoms. The molecule has 0 saturated carbocycles. The van der Waals surface area contributed by atoms with Gasteiger partial charge in [0.15, 0.2) is 0 Å². The minimum absolute atomic E-state index is 0.754. The molecule has 0 atom stereocenters. The van der Waals surface area contributed by atoms with Gasteiger partial charge >= 0.3 is 0 Å². The van der Waals surface area contributed by atoms with Gasteiger partial charge in [0.05, 0.1) is 16.4 Å². The van der Waals surface area contributed by atoms with Crippen molar-refractivity contribution < 1.29 is 4.42 Å². The molecule has 2 nitrogen and oxygen atoms in total. The highest BCUT2D eigenvalue weighted by molar-refractivity contribution is 7.14. The van der Waals surface area contributed by atoms with Crippen LogP contribution in [0.5, 0.6) is 0 Å². The summed E-state index contributed by atoms with van der Waals surface area (Å²) in [4.78, 5) is 0.999. The van der Waals surface area contributed by atoms with Crippen molar-refractivity contribution in [1.82, 2.24) is 5.32 Å². The topological polar surface area (TPSA) is 25.2 Å². The van der Waals surface area contributed by atoms with E-state index in [0.29, 0.717) is 0 Å². The minimum Gasteiger partial charge on any atom is -0.459 e. The number of nitrogens with one attached hydrogen (secondary N) is 1. The first-order chi connectivity index (χ1) is 7.31. The van der Waals surface area contributed by atoms with E-state index in [9.17, 15) is 0 Å². The van der Waals surface area contributed by atoms with E-state index in [0.717, 1.165) is 34.5 Å². The first-order valence-corrected chi connectivity index (χ1v) is 6.10. The molecule has 0 saturated heterocycles. The molecule has 2 aromatic rings. The van der Waals surface area contributed by atoms with Crippen LogP contribution in [0, 0.1) is 0 Å². The number of furan rings is 1. The Kier molecular flexibility index (Phi) is 3.46. The van der Waals surface area contributed by atoms with Gasteiger partial charge in [-0.25, -0.2) is 0 Å². The Morgan fingerprint density at radius 3 is 2.93 bits per heavy atom. The molecule has 4 heteroatoms. The van der Waals surface area contributed by atoms with E-state index >= 15 is 0 Å². The zero-order chi connectivity index (χ0) is 10.7. The third-order valence-corrected chi connectivity index (χ3v) is 3.41. The van der Waals surface area contributed by atoms with Crippen LogP contribution in [-0.2, 0) is 6.54 Å². The molecule has 0 amide bonds. The molecule has 0 aliphatic carbocycles. The molecule has 15 heavy (non-hydrogen) atoms. The number of rotatable bonds is 4. The summed E-state index contributed by atoms with van der Waals surface area (Å²) in [6.45, 7) is 3.77. The predicted molar refractivity (Wildman–Crippen MR) is 64.4 cm³/mol. The minimum atomic E-state index is 0.754. The van der Waals surface area contributed by atoms with Crippen LogP contribution in [0.15, 0.2) is 28.0 Å². The average Bonchev–Trinajstić information content (AvgIpc) is 2.83. The number of thiophene rings is 1. The zero-order valence-electron chi connectivity index (χ0n) is 8.42. The van der Waals surface area contributed by atoms with E-state index in [1.165, 1.54) is 0 Å². The largest absolute Gasteiger partial charge is 0.459 e. The van der Waals surface area contributed by atoms with Crippen LogP contribution in [0.4, 0.5) is 0 Å². The molecule has 2 rings (SSSR count). The molecule has 0 unspecified atom stereocenters. The molecular formula is C11H12ClNOS. The van der Waals surface area contributed by atoms with Crippen molar-refractivity contribution in [3.63, 3.8) is 0 Å². The van der Waals surface area contributed by atoms with Gasteiger partial charge in [-0.3, -0.25) is 0 Å². The van der Waals surface area contributed by atoms with Gasteiger partial charge in [0.1, 0.15) is 11.5 Å². The van der Waals surface area contributed by atoms with E-state index in [1.807, 2.05) is 23.6 Å². The lowest BCUT2D eigenvalue weighted by Crippen LogP contribution is -2.10. The van der Waals surface area contributed by atoms with Gasteiger partial charge in [-0.05, 0) is 30.1 Å². The van der Waals surface area contributed by atoms with Crippen molar-refractivity contribution in [2.24, 2.45) is 0 Å². The van der Waals surface area contributed by atoms with Crippen LogP contribution in [0.1, 0.15) is 12.7 Å². The molecule has 0 fully saturated rings. The molecule has 2 heterocycles. The van der Waals surface area contributed by atoms with Gasteiger partial charge in [0.25, 0.3) is 0 Å². The molecule has 80 valence electrons.